The van der Waals surface area contributed by atoms with E-state index in [1.807, 2.05) is 10.8 Å². The summed E-state index contributed by atoms with van der Waals surface area (Å²) < 4.78 is 2.05. The van der Waals surface area contributed by atoms with Crippen LogP contribution in [0.25, 0.3) is 0 Å². The molecule has 0 radical (unpaired) electrons. The van der Waals surface area contributed by atoms with E-state index in [1.54, 1.807) is 18.5 Å². The van der Waals surface area contributed by atoms with Crippen LogP contribution in [-0.2, 0) is 13.0 Å². The summed E-state index contributed by atoms with van der Waals surface area (Å²) in [4.78, 5) is 18.8. The number of imidazole rings is 1. The van der Waals surface area contributed by atoms with Gasteiger partial charge in [0.05, 0.1) is 0 Å². The zero-order chi connectivity index (χ0) is 12.3. The zero-order valence-electron chi connectivity index (χ0n) is 9.50. The summed E-state index contributed by atoms with van der Waals surface area (Å²) in [5, 5.41) is 8.74. The standard InChI is InChI=1S/C12H13N3O2/c1-2-15-6-5-13-11(15)7-9-3-4-10(12(16)17)14-8-9/h3-6,8H,2,7H2,1H3,(H,16,17). The summed E-state index contributed by atoms with van der Waals surface area (Å²) in [7, 11) is 0. The predicted octanol–water partition coefficient (Wildman–Crippen LogP) is 1.59. The molecule has 88 valence electrons. The van der Waals surface area contributed by atoms with Crippen molar-refractivity contribution in [2.24, 2.45) is 0 Å². The minimum absolute atomic E-state index is 0.0626. The van der Waals surface area contributed by atoms with Crippen LogP contribution in [0.3, 0.4) is 0 Å². The maximum Gasteiger partial charge on any atom is 0.354 e. The highest BCUT2D eigenvalue weighted by atomic mass is 16.4. The maximum absolute atomic E-state index is 10.7. The summed E-state index contributed by atoms with van der Waals surface area (Å²) in [6.07, 6.45) is 5.93. The smallest absolute Gasteiger partial charge is 0.354 e. The molecule has 2 rings (SSSR count). The monoisotopic (exact) mass is 231 g/mol. The summed E-state index contributed by atoms with van der Waals surface area (Å²) >= 11 is 0. The molecular weight excluding hydrogens is 218 g/mol. The van der Waals surface area contributed by atoms with E-state index in [2.05, 4.69) is 16.9 Å². The number of carboxylic acid groups (broad SMARTS) is 1. The Labute approximate surface area is 98.8 Å². The highest BCUT2D eigenvalue weighted by Gasteiger charge is 2.06. The maximum atomic E-state index is 10.7. The van der Waals surface area contributed by atoms with E-state index in [1.165, 1.54) is 6.07 Å². The number of pyridine rings is 1. The van der Waals surface area contributed by atoms with E-state index >= 15 is 0 Å². The summed E-state index contributed by atoms with van der Waals surface area (Å²) in [6, 6.07) is 3.28. The van der Waals surface area contributed by atoms with Crippen LogP contribution in [0.4, 0.5) is 0 Å². The molecule has 0 aliphatic heterocycles. The number of carboxylic acids is 1. The Balaban J connectivity index is 2.16. The van der Waals surface area contributed by atoms with Crippen LogP contribution in [0, 0.1) is 0 Å². The average Bonchev–Trinajstić information content (AvgIpc) is 2.77. The van der Waals surface area contributed by atoms with Gasteiger partial charge in [-0.15, -0.1) is 0 Å². The van der Waals surface area contributed by atoms with Crippen molar-refractivity contribution in [2.75, 3.05) is 0 Å². The topological polar surface area (TPSA) is 68.0 Å². The SMILES string of the molecule is CCn1ccnc1Cc1ccc(C(=O)O)nc1. The van der Waals surface area contributed by atoms with Crippen LogP contribution in [0.2, 0.25) is 0 Å². The molecule has 2 aromatic rings. The first kappa shape index (κ1) is 11.3. The van der Waals surface area contributed by atoms with Crippen LogP contribution in [0.5, 0.6) is 0 Å². The fourth-order valence-corrected chi connectivity index (χ4v) is 1.63. The number of hydrogen-bond donors (Lipinski definition) is 1. The lowest BCUT2D eigenvalue weighted by molar-refractivity contribution is 0.0690. The predicted molar refractivity (Wildman–Crippen MR) is 61.9 cm³/mol. The molecule has 0 bridgehead atoms. The van der Waals surface area contributed by atoms with Gasteiger partial charge >= 0.3 is 5.97 Å². The second kappa shape index (κ2) is 4.78. The molecule has 0 aromatic carbocycles. The third kappa shape index (κ3) is 2.50. The van der Waals surface area contributed by atoms with Crippen LogP contribution < -0.4 is 0 Å². The first-order valence-corrected chi connectivity index (χ1v) is 5.39. The Morgan fingerprint density at radius 3 is 2.82 bits per heavy atom. The molecule has 0 aliphatic carbocycles. The minimum atomic E-state index is -1.01. The fourth-order valence-electron chi connectivity index (χ4n) is 1.63. The third-order valence-electron chi connectivity index (χ3n) is 2.55. The summed E-state index contributed by atoms with van der Waals surface area (Å²) in [5.74, 6) is -0.0519. The fraction of sp³-hybridized carbons (Fsp3) is 0.250. The quantitative estimate of drug-likeness (QED) is 0.867. The van der Waals surface area contributed by atoms with E-state index in [4.69, 9.17) is 5.11 Å². The lowest BCUT2D eigenvalue weighted by atomic mass is 10.2. The molecule has 0 atom stereocenters. The molecule has 5 heteroatoms. The average molecular weight is 231 g/mol. The van der Waals surface area contributed by atoms with Gasteiger partial charge in [-0.3, -0.25) is 0 Å². The van der Waals surface area contributed by atoms with Crippen molar-refractivity contribution in [3.8, 4) is 0 Å². The minimum Gasteiger partial charge on any atom is -0.477 e. The van der Waals surface area contributed by atoms with Gasteiger partial charge in [0.25, 0.3) is 0 Å². The molecule has 0 unspecified atom stereocenters. The van der Waals surface area contributed by atoms with E-state index < -0.39 is 5.97 Å². The van der Waals surface area contributed by atoms with Crippen molar-refractivity contribution in [1.29, 1.82) is 0 Å². The van der Waals surface area contributed by atoms with Gasteiger partial charge in [-0.05, 0) is 18.6 Å². The van der Waals surface area contributed by atoms with Gasteiger partial charge in [-0.1, -0.05) is 6.07 Å². The normalized spacial score (nSPS) is 10.4. The molecule has 17 heavy (non-hydrogen) atoms. The molecule has 0 aliphatic rings. The van der Waals surface area contributed by atoms with Crippen molar-refractivity contribution in [1.82, 2.24) is 14.5 Å². The molecular formula is C12H13N3O2. The van der Waals surface area contributed by atoms with E-state index in [-0.39, 0.29) is 5.69 Å². The number of carbonyl (C=O) groups is 1. The largest absolute Gasteiger partial charge is 0.477 e. The molecule has 0 fully saturated rings. The molecule has 5 nitrogen and oxygen atoms in total. The van der Waals surface area contributed by atoms with Crippen LogP contribution in [0.1, 0.15) is 28.8 Å². The van der Waals surface area contributed by atoms with Gasteiger partial charge in [0, 0.05) is 31.6 Å². The molecule has 0 saturated heterocycles. The van der Waals surface area contributed by atoms with E-state index in [0.717, 1.165) is 17.9 Å². The van der Waals surface area contributed by atoms with Gasteiger partial charge in [-0.2, -0.15) is 0 Å². The Kier molecular flexibility index (Phi) is 3.18. The number of aryl methyl sites for hydroxylation is 1. The second-order valence-electron chi connectivity index (χ2n) is 3.66. The molecule has 0 saturated carbocycles. The summed E-state index contributed by atoms with van der Waals surface area (Å²) in [5.41, 5.74) is 1.02. The molecule has 0 spiro atoms. The van der Waals surface area contributed by atoms with Gasteiger partial charge in [-0.25, -0.2) is 14.8 Å². The van der Waals surface area contributed by atoms with Gasteiger partial charge in [0.2, 0.25) is 0 Å². The first-order chi connectivity index (χ1) is 8.20. The van der Waals surface area contributed by atoms with E-state index in [9.17, 15) is 4.79 Å². The number of rotatable bonds is 4. The van der Waals surface area contributed by atoms with Gasteiger partial charge < -0.3 is 9.67 Å². The van der Waals surface area contributed by atoms with Crippen molar-refractivity contribution in [2.45, 2.75) is 19.9 Å². The lowest BCUT2D eigenvalue weighted by Gasteiger charge is -2.04. The first-order valence-electron chi connectivity index (χ1n) is 5.39. The van der Waals surface area contributed by atoms with Crippen LogP contribution in [-0.4, -0.2) is 25.6 Å². The second-order valence-corrected chi connectivity index (χ2v) is 3.66. The number of aromatic carboxylic acids is 1. The highest BCUT2D eigenvalue weighted by molar-refractivity contribution is 5.85. The van der Waals surface area contributed by atoms with Crippen molar-refractivity contribution >= 4 is 5.97 Å². The van der Waals surface area contributed by atoms with Crippen molar-refractivity contribution < 1.29 is 9.90 Å². The third-order valence-corrected chi connectivity index (χ3v) is 2.55. The van der Waals surface area contributed by atoms with Gasteiger partial charge in [0.15, 0.2) is 0 Å². The number of hydrogen-bond acceptors (Lipinski definition) is 3. The van der Waals surface area contributed by atoms with Crippen molar-refractivity contribution in [3.63, 3.8) is 0 Å². The Morgan fingerprint density at radius 2 is 2.24 bits per heavy atom. The van der Waals surface area contributed by atoms with Crippen LogP contribution in [0.15, 0.2) is 30.7 Å². The van der Waals surface area contributed by atoms with Crippen LogP contribution >= 0.6 is 0 Å². The number of nitrogens with zero attached hydrogens (tertiary/aromatic N) is 3. The number of aromatic nitrogens is 3. The van der Waals surface area contributed by atoms with Crippen molar-refractivity contribution in [3.05, 3.63) is 47.8 Å². The molecule has 2 aromatic heterocycles. The molecule has 0 amide bonds. The molecule has 1 N–H and O–H groups in total. The Morgan fingerprint density at radius 1 is 1.41 bits per heavy atom. The zero-order valence-corrected chi connectivity index (χ0v) is 9.50. The van der Waals surface area contributed by atoms with E-state index in [0.29, 0.717) is 6.42 Å². The Bertz CT molecular complexity index is 517. The Hall–Kier alpha value is -2.17. The molecule has 2 heterocycles. The van der Waals surface area contributed by atoms with Gasteiger partial charge in [0.1, 0.15) is 11.5 Å². The lowest BCUT2D eigenvalue weighted by Crippen LogP contribution is -2.04. The highest BCUT2D eigenvalue weighted by Crippen LogP contribution is 2.08. The summed E-state index contributed by atoms with van der Waals surface area (Å²) in [6.45, 7) is 2.92.